The molecule has 1 aromatic heterocycles. The molecule has 0 radical (unpaired) electrons. The standard InChI is InChI=1S/C14H23N3O2/c1-4-19-13(18)11-12(15)17(10(2)16-11)14(3)8-6-5-7-9-14/h4-9,15H2,1-3H3. The van der Waals surface area contributed by atoms with Crippen LogP contribution in [-0.4, -0.2) is 22.1 Å². The van der Waals surface area contributed by atoms with Crippen molar-refractivity contribution in [2.45, 2.75) is 58.4 Å². The molecule has 5 nitrogen and oxygen atoms in total. The molecule has 0 bridgehead atoms. The third-order valence-electron chi connectivity index (χ3n) is 4.02. The van der Waals surface area contributed by atoms with E-state index in [0.29, 0.717) is 12.4 Å². The molecule has 5 heteroatoms. The third kappa shape index (κ3) is 2.46. The second-order valence-electron chi connectivity index (χ2n) is 5.51. The quantitative estimate of drug-likeness (QED) is 0.853. The predicted octanol–water partition coefficient (Wildman–Crippen LogP) is 2.63. The Balaban J connectivity index is 2.38. The van der Waals surface area contributed by atoms with E-state index in [1.54, 1.807) is 6.92 Å². The molecule has 19 heavy (non-hydrogen) atoms. The van der Waals surface area contributed by atoms with Gasteiger partial charge in [0, 0.05) is 5.54 Å². The maximum atomic E-state index is 11.8. The first-order valence-electron chi connectivity index (χ1n) is 7.02. The maximum Gasteiger partial charge on any atom is 0.360 e. The molecule has 1 fully saturated rings. The van der Waals surface area contributed by atoms with Crippen LogP contribution in [-0.2, 0) is 10.3 Å². The van der Waals surface area contributed by atoms with Gasteiger partial charge >= 0.3 is 5.97 Å². The minimum absolute atomic E-state index is 0.0236. The molecular weight excluding hydrogens is 242 g/mol. The van der Waals surface area contributed by atoms with E-state index in [-0.39, 0.29) is 11.2 Å². The number of esters is 1. The van der Waals surface area contributed by atoms with E-state index in [0.717, 1.165) is 18.7 Å². The van der Waals surface area contributed by atoms with E-state index < -0.39 is 5.97 Å². The highest BCUT2D eigenvalue weighted by atomic mass is 16.5. The summed E-state index contributed by atoms with van der Waals surface area (Å²) in [5.74, 6) is 0.812. The number of carbonyl (C=O) groups is 1. The molecular formula is C14H23N3O2. The van der Waals surface area contributed by atoms with E-state index in [1.165, 1.54) is 19.3 Å². The lowest BCUT2D eigenvalue weighted by atomic mass is 9.83. The monoisotopic (exact) mass is 265 g/mol. The van der Waals surface area contributed by atoms with Crippen molar-refractivity contribution in [3.63, 3.8) is 0 Å². The minimum atomic E-state index is -0.429. The first kappa shape index (κ1) is 13.9. The molecule has 0 spiro atoms. The highest BCUT2D eigenvalue weighted by molar-refractivity contribution is 5.92. The zero-order valence-corrected chi connectivity index (χ0v) is 12.0. The summed E-state index contributed by atoms with van der Waals surface area (Å²) in [6.45, 7) is 6.22. The van der Waals surface area contributed by atoms with Gasteiger partial charge in [0.2, 0.25) is 0 Å². The van der Waals surface area contributed by atoms with Crippen molar-refractivity contribution in [1.82, 2.24) is 9.55 Å². The summed E-state index contributed by atoms with van der Waals surface area (Å²) in [5.41, 5.74) is 6.38. The Kier molecular flexibility index (Phi) is 3.83. The molecule has 1 aromatic rings. The van der Waals surface area contributed by atoms with Crippen LogP contribution in [0.2, 0.25) is 0 Å². The Bertz CT molecular complexity index is 473. The van der Waals surface area contributed by atoms with Crippen molar-refractivity contribution in [2.24, 2.45) is 0 Å². The number of aryl methyl sites for hydroxylation is 1. The first-order valence-corrected chi connectivity index (χ1v) is 7.02. The zero-order chi connectivity index (χ0) is 14.0. The molecule has 0 amide bonds. The van der Waals surface area contributed by atoms with Gasteiger partial charge in [-0.1, -0.05) is 19.3 Å². The Hall–Kier alpha value is -1.52. The summed E-state index contributed by atoms with van der Waals surface area (Å²) in [4.78, 5) is 16.2. The van der Waals surface area contributed by atoms with Gasteiger partial charge in [0.05, 0.1) is 6.61 Å². The summed E-state index contributed by atoms with van der Waals surface area (Å²) in [5, 5.41) is 0. The smallest absolute Gasteiger partial charge is 0.360 e. The topological polar surface area (TPSA) is 70.1 Å². The van der Waals surface area contributed by atoms with E-state index in [9.17, 15) is 4.79 Å². The molecule has 0 aliphatic heterocycles. The van der Waals surface area contributed by atoms with Crippen molar-refractivity contribution < 1.29 is 9.53 Å². The summed E-state index contributed by atoms with van der Waals surface area (Å²) in [6, 6.07) is 0. The van der Waals surface area contributed by atoms with Crippen LogP contribution in [0.3, 0.4) is 0 Å². The Morgan fingerprint density at radius 1 is 1.42 bits per heavy atom. The fourth-order valence-corrected chi connectivity index (χ4v) is 3.12. The van der Waals surface area contributed by atoms with Crippen molar-refractivity contribution in [3.05, 3.63) is 11.5 Å². The van der Waals surface area contributed by atoms with E-state index in [2.05, 4.69) is 11.9 Å². The number of aromatic nitrogens is 2. The predicted molar refractivity (Wildman–Crippen MR) is 74.1 cm³/mol. The van der Waals surface area contributed by atoms with Gasteiger partial charge < -0.3 is 15.0 Å². The van der Waals surface area contributed by atoms with Gasteiger partial charge in [-0.3, -0.25) is 0 Å². The third-order valence-corrected chi connectivity index (χ3v) is 4.02. The van der Waals surface area contributed by atoms with Gasteiger partial charge in [-0.15, -0.1) is 0 Å². The minimum Gasteiger partial charge on any atom is -0.461 e. The highest BCUT2D eigenvalue weighted by Crippen LogP contribution is 2.38. The Morgan fingerprint density at radius 2 is 2.05 bits per heavy atom. The molecule has 106 valence electrons. The number of hydrogen-bond acceptors (Lipinski definition) is 4. The van der Waals surface area contributed by atoms with Crippen LogP contribution in [0.15, 0.2) is 0 Å². The summed E-state index contributed by atoms with van der Waals surface area (Å²) in [6.07, 6.45) is 5.83. The van der Waals surface area contributed by atoms with Crippen molar-refractivity contribution in [3.8, 4) is 0 Å². The zero-order valence-electron chi connectivity index (χ0n) is 12.0. The van der Waals surface area contributed by atoms with Gasteiger partial charge in [0.15, 0.2) is 5.69 Å². The van der Waals surface area contributed by atoms with E-state index >= 15 is 0 Å². The van der Waals surface area contributed by atoms with Gasteiger partial charge in [-0.25, -0.2) is 9.78 Å². The number of rotatable bonds is 3. The largest absolute Gasteiger partial charge is 0.461 e. The summed E-state index contributed by atoms with van der Waals surface area (Å²) >= 11 is 0. The Morgan fingerprint density at radius 3 is 2.63 bits per heavy atom. The van der Waals surface area contributed by atoms with Crippen LogP contribution in [0, 0.1) is 6.92 Å². The molecule has 2 rings (SSSR count). The molecule has 1 saturated carbocycles. The van der Waals surface area contributed by atoms with Gasteiger partial charge in [-0.05, 0) is 33.6 Å². The van der Waals surface area contributed by atoms with Crippen molar-refractivity contribution in [2.75, 3.05) is 12.3 Å². The van der Waals surface area contributed by atoms with Crippen LogP contribution in [0.1, 0.15) is 62.3 Å². The number of hydrogen-bond donors (Lipinski definition) is 1. The molecule has 2 N–H and O–H groups in total. The fourth-order valence-electron chi connectivity index (χ4n) is 3.12. The first-order chi connectivity index (χ1) is 8.99. The average Bonchev–Trinajstić information content (AvgIpc) is 2.66. The second kappa shape index (κ2) is 5.23. The van der Waals surface area contributed by atoms with Crippen LogP contribution < -0.4 is 5.73 Å². The Labute approximate surface area is 114 Å². The number of anilines is 1. The number of carbonyl (C=O) groups excluding carboxylic acids is 1. The van der Waals surface area contributed by atoms with Crippen molar-refractivity contribution in [1.29, 1.82) is 0 Å². The number of nitrogens with two attached hydrogens (primary N) is 1. The van der Waals surface area contributed by atoms with E-state index in [4.69, 9.17) is 10.5 Å². The highest BCUT2D eigenvalue weighted by Gasteiger charge is 2.34. The second-order valence-corrected chi connectivity index (χ2v) is 5.51. The van der Waals surface area contributed by atoms with Crippen molar-refractivity contribution >= 4 is 11.8 Å². The summed E-state index contributed by atoms with van der Waals surface area (Å²) in [7, 11) is 0. The lowest BCUT2D eigenvalue weighted by molar-refractivity contribution is 0.0521. The number of nitrogen functional groups attached to an aromatic ring is 1. The lowest BCUT2D eigenvalue weighted by Gasteiger charge is -2.36. The maximum absolute atomic E-state index is 11.8. The lowest BCUT2D eigenvalue weighted by Crippen LogP contribution is -2.34. The van der Waals surface area contributed by atoms with Gasteiger partial charge in [-0.2, -0.15) is 0 Å². The van der Waals surface area contributed by atoms with Gasteiger partial charge in [0.25, 0.3) is 0 Å². The van der Waals surface area contributed by atoms with Crippen LogP contribution in [0.5, 0.6) is 0 Å². The molecule has 1 aliphatic rings. The van der Waals surface area contributed by atoms with Crippen LogP contribution >= 0.6 is 0 Å². The molecule has 0 atom stereocenters. The fraction of sp³-hybridized carbons (Fsp3) is 0.714. The SMILES string of the molecule is CCOC(=O)c1nc(C)n(C2(C)CCCCC2)c1N. The summed E-state index contributed by atoms with van der Waals surface area (Å²) < 4.78 is 7.03. The molecule has 0 aromatic carbocycles. The average molecular weight is 265 g/mol. The molecule has 0 unspecified atom stereocenters. The number of nitrogens with zero attached hydrogens (tertiary/aromatic N) is 2. The number of imidazole rings is 1. The molecule has 0 saturated heterocycles. The molecule has 1 heterocycles. The van der Waals surface area contributed by atoms with E-state index in [1.807, 2.05) is 11.5 Å². The van der Waals surface area contributed by atoms with Crippen LogP contribution in [0.25, 0.3) is 0 Å². The normalized spacial score (nSPS) is 18.3. The van der Waals surface area contributed by atoms with Crippen LogP contribution in [0.4, 0.5) is 5.82 Å². The number of ether oxygens (including phenoxy) is 1. The molecule has 1 aliphatic carbocycles. The van der Waals surface area contributed by atoms with Gasteiger partial charge in [0.1, 0.15) is 11.6 Å².